The fourth-order valence-electron chi connectivity index (χ4n) is 2.22. The van der Waals surface area contributed by atoms with E-state index in [9.17, 15) is 0 Å². The monoisotopic (exact) mass is 239 g/mol. The van der Waals surface area contributed by atoms with Crippen LogP contribution in [-0.2, 0) is 10.3 Å². The Labute approximate surface area is 108 Å². The fourth-order valence-corrected chi connectivity index (χ4v) is 2.22. The Balaban J connectivity index is 2.57. The minimum atomic E-state index is -0.551. The Morgan fingerprint density at radius 2 is 1.39 bits per heavy atom. The summed E-state index contributed by atoms with van der Waals surface area (Å²) in [6.07, 6.45) is 0. The largest absolute Gasteiger partial charge is 0.367 e. The van der Waals surface area contributed by atoms with E-state index in [1.54, 1.807) is 7.11 Å². The molecule has 0 unspecified atom stereocenters. The zero-order chi connectivity index (χ0) is 12.8. The van der Waals surface area contributed by atoms with Crippen LogP contribution in [0.2, 0.25) is 0 Å². The average Bonchev–Trinajstić information content (AvgIpc) is 2.47. The van der Waals surface area contributed by atoms with E-state index < -0.39 is 5.60 Å². The van der Waals surface area contributed by atoms with Crippen molar-refractivity contribution >= 4 is 6.72 Å². The number of methoxy groups -OCH3 is 1. The van der Waals surface area contributed by atoms with Gasteiger partial charge >= 0.3 is 0 Å². The molecular formula is C16H17NO. The summed E-state index contributed by atoms with van der Waals surface area (Å²) in [5.74, 6) is 0. The van der Waals surface area contributed by atoms with Crippen molar-refractivity contribution in [3.8, 4) is 0 Å². The van der Waals surface area contributed by atoms with Crippen LogP contribution in [0, 0.1) is 0 Å². The maximum atomic E-state index is 5.82. The maximum Gasteiger partial charge on any atom is 0.137 e. The quantitative estimate of drug-likeness (QED) is 0.734. The molecule has 0 heterocycles. The summed E-state index contributed by atoms with van der Waals surface area (Å²) >= 11 is 0. The van der Waals surface area contributed by atoms with E-state index in [4.69, 9.17) is 4.74 Å². The summed E-state index contributed by atoms with van der Waals surface area (Å²) in [6.45, 7) is 4.11. The number of ether oxygens (including phenoxy) is 1. The molecule has 0 radical (unpaired) electrons. The molecule has 2 nitrogen and oxygen atoms in total. The molecule has 0 N–H and O–H groups in total. The molecule has 2 rings (SSSR count). The van der Waals surface area contributed by atoms with Crippen molar-refractivity contribution in [3.05, 3.63) is 71.8 Å². The Morgan fingerprint density at radius 1 is 0.944 bits per heavy atom. The summed E-state index contributed by atoms with van der Waals surface area (Å²) in [5.41, 5.74) is 1.63. The van der Waals surface area contributed by atoms with Gasteiger partial charge in [-0.1, -0.05) is 60.7 Å². The molecule has 0 aliphatic rings. The number of aliphatic imine (C=N–C) groups is 1. The topological polar surface area (TPSA) is 21.6 Å². The van der Waals surface area contributed by atoms with Gasteiger partial charge in [-0.2, -0.15) is 0 Å². The molecule has 0 amide bonds. The normalized spacial score (nSPS) is 11.2. The summed E-state index contributed by atoms with van der Waals surface area (Å²) in [6, 6.07) is 20.3. The zero-order valence-corrected chi connectivity index (χ0v) is 10.5. The van der Waals surface area contributed by atoms with Crippen LogP contribution >= 0.6 is 0 Å². The van der Waals surface area contributed by atoms with E-state index in [1.807, 2.05) is 36.4 Å². The summed E-state index contributed by atoms with van der Waals surface area (Å²) < 4.78 is 5.82. The first-order valence-electron chi connectivity index (χ1n) is 5.92. The van der Waals surface area contributed by atoms with Crippen molar-refractivity contribution in [3.63, 3.8) is 0 Å². The van der Waals surface area contributed by atoms with Gasteiger partial charge in [-0.15, -0.1) is 0 Å². The first-order chi connectivity index (χ1) is 8.83. The van der Waals surface area contributed by atoms with Crippen LogP contribution in [0.15, 0.2) is 65.7 Å². The van der Waals surface area contributed by atoms with E-state index >= 15 is 0 Å². The highest BCUT2D eigenvalue weighted by atomic mass is 16.5. The van der Waals surface area contributed by atoms with Gasteiger partial charge in [0.1, 0.15) is 5.60 Å². The van der Waals surface area contributed by atoms with Crippen LogP contribution in [0.3, 0.4) is 0 Å². The summed E-state index contributed by atoms with van der Waals surface area (Å²) in [4.78, 5) is 4.06. The van der Waals surface area contributed by atoms with Gasteiger partial charge in [0.15, 0.2) is 0 Å². The molecule has 2 heteroatoms. The van der Waals surface area contributed by atoms with Gasteiger partial charge in [-0.3, -0.25) is 4.99 Å². The highest BCUT2D eigenvalue weighted by Gasteiger charge is 2.33. The highest BCUT2D eigenvalue weighted by molar-refractivity contribution is 5.38. The molecule has 18 heavy (non-hydrogen) atoms. The van der Waals surface area contributed by atoms with Gasteiger partial charge in [0, 0.05) is 7.11 Å². The Hall–Kier alpha value is -1.93. The molecule has 2 aromatic rings. The van der Waals surface area contributed by atoms with E-state index in [0.29, 0.717) is 6.54 Å². The van der Waals surface area contributed by atoms with E-state index in [0.717, 1.165) is 11.1 Å². The van der Waals surface area contributed by atoms with Crippen LogP contribution in [0.25, 0.3) is 0 Å². The molecule has 2 aromatic carbocycles. The van der Waals surface area contributed by atoms with Gasteiger partial charge in [-0.25, -0.2) is 0 Å². The predicted octanol–water partition coefficient (Wildman–Crippen LogP) is 3.28. The van der Waals surface area contributed by atoms with E-state index in [2.05, 4.69) is 36.0 Å². The minimum Gasteiger partial charge on any atom is -0.367 e. The molecule has 0 fully saturated rings. The molecule has 0 spiro atoms. The lowest BCUT2D eigenvalue weighted by atomic mass is 9.86. The Morgan fingerprint density at radius 3 is 1.72 bits per heavy atom. The Kier molecular flexibility index (Phi) is 3.90. The lowest BCUT2D eigenvalue weighted by molar-refractivity contribution is 0.0306. The Bertz CT molecular complexity index is 454. The van der Waals surface area contributed by atoms with Gasteiger partial charge in [0.2, 0.25) is 0 Å². The first kappa shape index (κ1) is 12.5. The molecular weight excluding hydrogens is 222 g/mol. The number of benzene rings is 2. The first-order valence-corrected chi connectivity index (χ1v) is 5.92. The molecule has 0 saturated carbocycles. The second-order valence-corrected chi connectivity index (χ2v) is 4.14. The van der Waals surface area contributed by atoms with Crippen LogP contribution < -0.4 is 0 Å². The van der Waals surface area contributed by atoms with Gasteiger partial charge in [-0.05, 0) is 17.8 Å². The van der Waals surface area contributed by atoms with E-state index in [-0.39, 0.29) is 0 Å². The number of hydrogen-bond acceptors (Lipinski definition) is 2. The second kappa shape index (κ2) is 5.61. The van der Waals surface area contributed by atoms with Gasteiger partial charge < -0.3 is 4.74 Å². The van der Waals surface area contributed by atoms with Crippen molar-refractivity contribution in [2.45, 2.75) is 5.60 Å². The molecule has 0 aliphatic carbocycles. The lowest BCUT2D eigenvalue weighted by Gasteiger charge is -2.32. The minimum absolute atomic E-state index is 0.498. The molecule has 0 aliphatic heterocycles. The predicted molar refractivity (Wildman–Crippen MR) is 75.1 cm³/mol. The van der Waals surface area contributed by atoms with Crippen molar-refractivity contribution in [1.82, 2.24) is 0 Å². The smallest absolute Gasteiger partial charge is 0.137 e. The molecule has 0 aromatic heterocycles. The van der Waals surface area contributed by atoms with Crippen LogP contribution in [-0.4, -0.2) is 20.4 Å². The standard InChI is InChI=1S/C16H17NO/c1-17-13-16(18-2,14-9-5-3-6-10-14)15-11-7-4-8-12-15/h3-12H,1,13H2,2H3. The van der Waals surface area contributed by atoms with Crippen molar-refractivity contribution in [1.29, 1.82) is 0 Å². The second-order valence-electron chi connectivity index (χ2n) is 4.14. The van der Waals surface area contributed by atoms with Crippen LogP contribution in [0.1, 0.15) is 11.1 Å². The number of rotatable bonds is 5. The third-order valence-corrected chi connectivity index (χ3v) is 3.16. The van der Waals surface area contributed by atoms with Gasteiger partial charge in [0.25, 0.3) is 0 Å². The third kappa shape index (κ3) is 2.20. The summed E-state index contributed by atoms with van der Waals surface area (Å²) in [7, 11) is 1.71. The molecule has 0 atom stereocenters. The molecule has 92 valence electrons. The van der Waals surface area contributed by atoms with Crippen molar-refractivity contribution in [2.24, 2.45) is 4.99 Å². The molecule has 0 saturated heterocycles. The SMILES string of the molecule is C=NCC(OC)(c1ccccc1)c1ccccc1. The number of hydrogen-bond donors (Lipinski definition) is 0. The zero-order valence-electron chi connectivity index (χ0n) is 10.5. The third-order valence-electron chi connectivity index (χ3n) is 3.16. The lowest BCUT2D eigenvalue weighted by Crippen LogP contribution is -2.33. The highest BCUT2D eigenvalue weighted by Crippen LogP contribution is 2.33. The van der Waals surface area contributed by atoms with Crippen molar-refractivity contribution in [2.75, 3.05) is 13.7 Å². The fraction of sp³-hybridized carbons (Fsp3) is 0.188. The number of nitrogens with zero attached hydrogens (tertiary/aromatic N) is 1. The van der Waals surface area contributed by atoms with Crippen molar-refractivity contribution < 1.29 is 4.74 Å². The van der Waals surface area contributed by atoms with Gasteiger partial charge in [0.05, 0.1) is 6.54 Å². The summed E-state index contributed by atoms with van der Waals surface area (Å²) in [5, 5.41) is 0. The van der Waals surface area contributed by atoms with Crippen LogP contribution in [0.5, 0.6) is 0 Å². The molecule has 0 bridgehead atoms. The van der Waals surface area contributed by atoms with Crippen LogP contribution in [0.4, 0.5) is 0 Å². The average molecular weight is 239 g/mol. The van der Waals surface area contributed by atoms with E-state index in [1.165, 1.54) is 0 Å². The maximum absolute atomic E-state index is 5.82.